The van der Waals surface area contributed by atoms with Crippen molar-refractivity contribution in [2.75, 3.05) is 13.7 Å². The third kappa shape index (κ3) is 6.34. The van der Waals surface area contributed by atoms with Crippen molar-refractivity contribution in [3.05, 3.63) is 65.2 Å². The molecule has 0 spiro atoms. The van der Waals surface area contributed by atoms with Crippen LogP contribution >= 0.6 is 0 Å². The molecule has 29 heavy (non-hydrogen) atoms. The largest absolute Gasteiger partial charge is 0.497 e. The molecular weight excluding hydrogens is 364 g/mol. The highest BCUT2D eigenvalue weighted by Gasteiger charge is 2.16. The molecule has 0 radical (unpaired) electrons. The van der Waals surface area contributed by atoms with Gasteiger partial charge in [-0.15, -0.1) is 0 Å². The van der Waals surface area contributed by atoms with E-state index < -0.39 is 0 Å². The maximum atomic E-state index is 12.5. The Morgan fingerprint density at radius 3 is 2.03 bits per heavy atom. The number of carbonyl (C=O) groups excluding carboxylic acids is 2. The van der Waals surface area contributed by atoms with Crippen LogP contribution < -0.4 is 15.4 Å². The predicted octanol–water partition coefficient (Wildman–Crippen LogP) is 4.12. The summed E-state index contributed by atoms with van der Waals surface area (Å²) in [7, 11) is 1.64. The second-order valence-corrected chi connectivity index (χ2v) is 7.59. The van der Waals surface area contributed by atoms with Crippen molar-refractivity contribution < 1.29 is 14.3 Å². The number of hydrogen-bond donors (Lipinski definition) is 2. The van der Waals surface area contributed by atoms with Crippen LogP contribution in [0.15, 0.2) is 48.5 Å². The minimum Gasteiger partial charge on any atom is -0.497 e. The predicted molar refractivity (Wildman–Crippen MR) is 114 cm³/mol. The summed E-state index contributed by atoms with van der Waals surface area (Å²) in [5.74, 6) is 0.638. The van der Waals surface area contributed by atoms with Gasteiger partial charge in [0, 0.05) is 23.7 Å². The van der Waals surface area contributed by atoms with Crippen molar-refractivity contribution in [3.63, 3.8) is 0 Å². The summed E-state index contributed by atoms with van der Waals surface area (Å²) in [5.41, 5.74) is 2.30. The Hall–Kier alpha value is -2.82. The molecule has 1 fully saturated rings. The normalized spacial score (nSPS) is 14.7. The van der Waals surface area contributed by atoms with Crippen molar-refractivity contribution in [2.24, 2.45) is 0 Å². The van der Waals surface area contributed by atoms with Crippen molar-refractivity contribution in [1.82, 2.24) is 10.6 Å². The van der Waals surface area contributed by atoms with Gasteiger partial charge in [-0.3, -0.25) is 9.59 Å². The number of rotatable bonds is 7. The van der Waals surface area contributed by atoms with Crippen LogP contribution in [0, 0.1) is 0 Å². The molecule has 0 unspecified atom stereocenters. The third-order valence-electron chi connectivity index (χ3n) is 5.46. The van der Waals surface area contributed by atoms with E-state index in [9.17, 15) is 9.59 Å². The number of methoxy groups -OCH3 is 1. The van der Waals surface area contributed by atoms with Gasteiger partial charge in [-0.25, -0.2) is 0 Å². The molecule has 1 aliphatic carbocycles. The molecule has 1 aliphatic rings. The van der Waals surface area contributed by atoms with E-state index in [1.54, 1.807) is 31.4 Å². The molecule has 0 atom stereocenters. The van der Waals surface area contributed by atoms with Crippen LogP contribution in [0.1, 0.15) is 64.8 Å². The maximum Gasteiger partial charge on any atom is 0.251 e. The first-order chi connectivity index (χ1) is 14.2. The fraction of sp³-hybridized carbons (Fsp3) is 0.417. The van der Waals surface area contributed by atoms with Gasteiger partial charge < -0.3 is 15.4 Å². The quantitative estimate of drug-likeness (QED) is 0.694. The Morgan fingerprint density at radius 2 is 1.45 bits per heavy atom. The van der Waals surface area contributed by atoms with Crippen LogP contribution in [0.2, 0.25) is 0 Å². The summed E-state index contributed by atoms with van der Waals surface area (Å²) in [5, 5.41) is 6.06. The lowest BCUT2D eigenvalue weighted by molar-refractivity contribution is 0.0928. The second kappa shape index (κ2) is 10.6. The summed E-state index contributed by atoms with van der Waals surface area (Å²) in [6.07, 6.45) is 7.74. The van der Waals surface area contributed by atoms with Crippen molar-refractivity contribution in [1.29, 1.82) is 0 Å². The summed E-state index contributed by atoms with van der Waals surface area (Å²) in [4.78, 5) is 24.8. The number of hydrogen-bond acceptors (Lipinski definition) is 3. The maximum absolute atomic E-state index is 12.5. The van der Waals surface area contributed by atoms with Gasteiger partial charge in [-0.1, -0.05) is 37.8 Å². The highest BCUT2D eigenvalue weighted by Crippen LogP contribution is 2.18. The molecule has 0 heterocycles. The molecular formula is C24H30N2O3. The van der Waals surface area contributed by atoms with Gasteiger partial charge in [-0.2, -0.15) is 0 Å². The van der Waals surface area contributed by atoms with Crippen molar-refractivity contribution in [3.8, 4) is 5.75 Å². The summed E-state index contributed by atoms with van der Waals surface area (Å²) in [6.45, 7) is 0.551. The molecule has 1 saturated carbocycles. The van der Waals surface area contributed by atoms with E-state index in [0.29, 0.717) is 17.7 Å². The van der Waals surface area contributed by atoms with Crippen LogP contribution in [0.5, 0.6) is 5.75 Å². The van der Waals surface area contributed by atoms with Crippen molar-refractivity contribution in [2.45, 2.75) is 51.0 Å². The van der Waals surface area contributed by atoms with Gasteiger partial charge in [0.15, 0.2) is 0 Å². The van der Waals surface area contributed by atoms with E-state index in [-0.39, 0.29) is 17.9 Å². The van der Waals surface area contributed by atoms with Crippen LogP contribution in [0.4, 0.5) is 0 Å². The topological polar surface area (TPSA) is 67.4 Å². The molecule has 2 amide bonds. The summed E-state index contributed by atoms with van der Waals surface area (Å²) >= 11 is 0. The fourth-order valence-electron chi connectivity index (χ4n) is 3.68. The van der Waals surface area contributed by atoms with Crippen LogP contribution in [0.3, 0.4) is 0 Å². The molecule has 2 aromatic carbocycles. The van der Waals surface area contributed by atoms with Crippen LogP contribution in [0.25, 0.3) is 0 Å². The first-order valence-corrected chi connectivity index (χ1v) is 10.5. The van der Waals surface area contributed by atoms with E-state index in [1.165, 1.54) is 25.7 Å². The number of nitrogens with one attached hydrogen (secondary N) is 2. The molecule has 0 aromatic heterocycles. The first-order valence-electron chi connectivity index (χ1n) is 10.5. The summed E-state index contributed by atoms with van der Waals surface area (Å²) < 4.78 is 5.15. The molecule has 2 aromatic rings. The van der Waals surface area contributed by atoms with E-state index in [4.69, 9.17) is 4.74 Å². The lowest BCUT2D eigenvalue weighted by Crippen LogP contribution is -2.34. The monoisotopic (exact) mass is 394 g/mol. The van der Waals surface area contributed by atoms with Gasteiger partial charge in [0.1, 0.15) is 5.75 Å². The van der Waals surface area contributed by atoms with Gasteiger partial charge >= 0.3 is 0 Å². The minimum absolute atomic E-state index is 0.0524. The standard InChI is InChI=1S/C24H30N2O3/c1-29-22-14-8-18(9-15-22)16-17-25-23(27)19-10-12-20(13-11-19)24(28)26-21-6-4-2-3-5-7-21/h8-15,21H,2-7,16-17H2,1H3,(H,25,27)(H,26,28). The minimum atomic E-state index is -0.130. The molecule has 0 aliphatic heterocycles. The molecule has 2 N–H and O–H groups in total. The van der Waals surface area contributed by atoms with Crippen molar-refractivity contribution >= 4 is 11.8 Å². The fourth-order valence-corrected chi connectivity index (χ4v) is 3.68. The Bertz CT molecular complexity index is 792. The van der Waals surface area contributed by atoms with Gasteiger partial charge in [-0.05, 0) is 61.2 Å². The smallest absolute Gasteiger partial charge is 0.251 e. The third-order valence-corrected chi connectivity index (χ3v) is 5.46. The van der Waals surface area contributed by atoms with Crippen LogP contribution in [-0.2, 0) is 6.42 Å². The zero-order valence-corrected chi connectivity index (χ0v) is 17.1. The molecule has 154 valence electrons. The lowest BCUT2D eigenvalue weighted by atomic mass is 10.1. The van der Waals surface area contributed by atoms with E-state index in [1.807, 2.05) is 24.3 Å². The molecule has 0 saturated heterocycles. The Morgan fingerprint density at radius 1 is 0.862 bits per heavy atom. The highest BCUT2D eigenvalue weighted by atomic mass is 16.5. The highest BCUT2D eigenvalue weighted by molar-refractivity contribution is 5.97. The lowest BCUT2D eigenvalue weighted by Gasteiger charge is -2.16. The van der Waals surface area contributed by atoms with Gasteiger partial charge in [0.2, 0.25) is 0 Å². The number of benzene rings is 2. The van der Waals surface area contributed by atoms with Gasteiger partial charge in [0.25, 0.3) is 11.8 Å². The average molecular weight is 395 g/mol. The number of carbonyl (C=O) groups is 2. The van der Waals surface area contributed by atoms with Gasteiger partial charge in [0.05, 0.1) is 7.11 Å². The zero-order valence-electron chi connectivity index (χ0n) is 17.1. The summed E-state index contributed by atoms with van der Waals surface area (Å²) in [6, 6.07) is 15.0. The van der Waals surface area contributed by atoms with E-state index in [2.05, 4.69) is 10.6 Å². The SMILES string of the molecule is COc1ccc(CCNC(=O)c2ccc(C(=O)NC3CCCCCC3)cc2)cc1. The Kier molecular flexibility index (Phi) is 7.68. The Labute approximate surface area is 172 Å². The molecule has 3 rings (SSSR count). The zero-order chi connectivity index (χ0) is 20.5. The molecule has 5 nitrogen and oxygen atoms in total. The first kappa shape index (κ1) is 20.9. The molecule has 0 bridgehead atoms. The Balaban J connectivity index is 1.46. The number of amides is 2. The number of ether oxygens (including phenoxy) is 1. The average Bonchev–Trinajstić information content (AvgIpc) is 3.03. The van der Waals surface area contributed by atoms with E-state index >= 15 is 0 Å². The van der Waals surface area contributed by atoms with E-state index in [0.717, 1.165) is 30.6 Å². The molecule has 5 heteroatoms. The van der Waals surface area contributed by atoms with Crippen LogP contribution in [-0.4, -0.2) is 31.5 Å². The second-order valence-electron chi connectivity index (χ2n) is 7.59.